The number of hydrazine groups is 1. The number of hydrogen-bond acceptors (Lipinski definition) is 4. The van der Waals surface area contributed by atoms with Crippen molar-refractivity contribution in [3.63, 3.8) is 0 Å². The molecule has 154 valence electrons. The summed E-state index contributed by atoms with van der Waals surface area (Å²) in [6.45, 7) is 3.65. The van der Waals surface area contributed by atoms with Crippen LogP contribution in [0.15, 0.2) is 48.5 Å². The first kappa shape index (κ1) is 21.1. The van der Waals surface area contributed by atoms with E-state index in [1.807, 2.05) is 47.5 Å². The molecule has 1 N–H and O–H groups in total. The van der Waals surface area contributed by atoms with Gasteiger partial charge in [-0.15, -0.1) is 0 Å². The molecule has 1 aliphatic rings. The monoisotopic (exact) mass is 415 g/mol. The van der Waals surface area contributed by atoms with Crippen molar-refractivity contribution in [2.24, 2.45) is 0 Å². The van der Waals surface area contributed by atoms with Gasteiger partial charge in [0.2, 0.25) is 6.41 Å². The van der Waals surface area contributed by atoms with E-state index in [0.717, 1.165) is 37.8 Å². The van der Waals surface area contributed by atoms with Crippen molar-refractivity contribution in [1.82, 2.24) is 10.0 Å². The van der Waals surface area contributed by atoms with E-state index in [2.05, 4.69) is 12.2 Å². The van der Waals surface area contributed by atoms with Gasteiger partial charge in [-0.05, 0) is 48.6 Å². The number of anilines is 1. The summed E-state index contributed by atoms with van der Waals surface area (Å²) in [6.07, 6.45) is 2.57. The maximum Gasteiger partial charge on any atom is 0.411 e. The summed E-state index contributed by atoms with van der Waals surface area (Å²) in [5.41, 5.74) is 2.78. The van der Waals surface area contributed by atoms with Gasteiger partial charge in [-0.25, -0.2) is 9.80 Å². The third-order valence-corrected chi connectivity index (χ3v) is 5.38. The molecule has 0 spiro atoms. The van der Waals surface area contributed by atoms with Crippen molar-refractivity contribution in [3.05, 3.63) is 64.7 Å². The number of aryl methyl sites for hydroxylation is 1. The molecule has 29 heavy (non-hydrogen) atoms. The van der Waals surface area contributed by atoms with Crippen LogP contribution in [0, 0.1) is 0 Å². The van der Waals surface area contributed by atoms with Gasteiger partial charge < -0.3 is 4.74 Å². The number of nitrogens with one attached hydrogen (secondary N) is 1. The fourth-order valence-electron chi connectivity index (χ4n) is 3.38. The van der Waals surface area contributed by atoms with Crippen LogP contribution >= 0.6 is 11.6 Å². The van der Waals surface area contributed by atoms with Gasteiger partial charge in [0.15, 0.2) is 0 Å². The van der Waals surface area contributed by atoms with Gasteiger partial charge in [0.1, 0.15) is 6.10 Å². The number of halogens is 1. The summed E-state index contributed by atoms with van der Waals surface area (Å²) in [6, 6.07) is 15.1. The summed E-state index contributed by atoms with van der Waals surface area (Å²) in [5.74, 6) is 0. The molecule has 2 aromatic rings. The second-order valence-corrected chi connectivity index (χ2v) is 7.46. The van der Waals surface area contributed by atoms with Crippen LogP contribution in [0.3, 0.4) is 0 Å². The molecule has 3 rings (SSSR count). The summed E-state index contributed by atoms with van der Waals surface area (Å²) in [7, 11) is 0. The fourth-order valence-corrected chi connectivity index (χ4v) is 3.57. The predicted octanol–water partition coefficient (Wildman–Crippen LogP) is 4.49. The minimum atomic E-state index is -0.482. The van der Waals surface area contributed by atoms with Crippen molar-refractivity contribution >= 4 is 29.8 Å². The zero-order valence-corrected chi connectivity index (χ0v) is 17.3. The summed E-state index contributed by atoms with van der Waals surface area (Å²) >= 11 is 6.22. The molecule has 1 saturated heterocycles. The first-order chi connectivity index (χ1) is 14.1. The van der Waals surface area contributed by atoms with Gasteiger partial charge in [0.25, 0.3) is 0 Å². The number of piperidine rings is 1. The number of amides is 2. The van der Waals surface area contributed by atoms with Crippen LogP contribution in [0.5, 0.6) is 0 Å². The van der Waals surface area contributed by atoms with Crippen molar-refractivity contribution in [3.8, 4) is 0 Å². The summed E-state index contributed by atoms with van der Waals surface area (Å²) < 4.78 is 5.59. The van der Waals surface area contributed by atoms with Gasteiger partial charge in [-0.2, -0.15) is 0 Å². The Kier molecular flexibility index (Phi) is 7.49. The van der Waals surface area contributed by atoms with Gasteiger partial charge in [0.05, 0.1) is 13.1 Å². The second kappa shape index (κ2) is 10.3. The van der Waals surface area contributed by atoms with Crippen molar-refractivity contribution in [1.29, 1.82) is 0 Å². The Morgan fingerprint density at radius 1 is 1.28 bits per heavy atom. The summed E-state index contributed by atoms with van der Waals surface area (Å²) in [5, 5.41) is 6.89. The molecular formula is C22H26ClN3O3. The molecule has 0 unspecified atom stereocenters. The van der Waals surface area contributed by atoms with E-state index in [1.54, 1.807) is 11.1 Å². The highest BCUT2D eigenvalue weighted by Crippen LogP contribution is 2.21. The third kappa shape index (κ3) is 5.95. The number of ether oxygens (including phenoxy) is 1. The number of nitrogens with zero attached hydrogens (tertiary/aromatic N) is 2. The molecule has 2 aromatic carbocycles. The zero-order chi connectivity index (χ0) is 20.6. The molecule has 6 nitrogen and oxygen atoms in total. The molecule has 0 saturated carbocycles. The van der Waals surface area contributed by atoms with E-state index in [0.29, 0.717) is 23.8 Å². The lowest BCUT2D eigenvalue weighted by Gasteiger charge is -2.38. The molecule has 1 aliphatic heterocycles. The highest BCUT2D eigenvalue weighted by atomic mass is 35.5. The smallest absolute Gasteiger partial charge is 0.411 e. The maximum atomic E-state index is 12.3. The van der Waals surface area contributed by atoms with Crippen molar-refractivity contribution < 1.29 is 14.3 Å². The van der Waals surface area contributed by atoms with Crippen LogP contribution in [0.2, 0.25) is 5.02 Å². The lowest BCUT2D eigenvalue weighted by atomic mass is 10.1. The lowest BCUT2D eigenvalue weighted by Crippen LogP contribution is -2.49. The number of benzene rings is 2. The quantitative estimate of drug-likeness (QED) is 0.677. The van der Waals surface area contributed by atoms with Crippen molar-refractivity contribution in [2.45, 2.75) is 38.8 Å². The molecular weight excluding hydrogens is 390 g/mol. The average Bonchev–Trinajstić information content (AvgIpc) is 2.74. The van der Waals surface area contributed by atoms with Crippen LogP contribution in [0.4, 0.5) is 10.5 Å². The topological polar surface area (TPSA) is 61.9 Å². The normalized spacial score (nSPS) is 16.8. The largest absolute Gasteiger partial charge is 0.445 e. The Labute approximate surface area is 176 Å². The first-order valence-electron chi connectivity index (χ1n) is 9.85. The Balaban J connectivity index is 1.55. The van der Waals surface area contributed by atoms with E-state index < -0.39 is 6.09 Å². The van der Waals surface area contributed by atoms with Gasteiger partial charge in [-0.1, -0.05) is 48.9 Å². The van der Waals surface area contributed by atoms with Crippen LogP contribution in [-0.4, -0.2) is 41.7 Å². The number of carbonyl (C=O) groups excluding carboxylic acids is 2. The molecule has 0 radical (unpaired) electrons. The average molecular weight is 416 g/mol. The molecule has 0 bridgehead atoms. The Morgan fingerprint density at radius 3 is 2.72 bits per heavy atom. The Bertz CT molecular complexity index is 828. The minimum absolute atomic E-state index is 0.285. The van der Waals surface area contributed by atoms with Crippen LogP contribution in [-0.2, 0) is 22.5 Å². The molecule has 2 amide bonds. The van der Waals surface area contributed by atoms with Gasteiger partial charge in [-0.3, -0.25) is 15.1 Å². The molecule has 7 heteroatoms. The van der Waals surface area contributed by atoms with Crippen LogP contribution in [0.25, 0.3) is 0 Å². The van der Waals surface area contributed by atoms with Crippen LogP contribution in [0.1, 0.15) is 30.9 Å². The highest BCUT2D eigenvalue weighted by Gasteiger charge is 2.27. The lowest BCUT2D eigenvalue weighted by molar-refractivity contribution is -0.142. The zero-order valence-electron chi connectivity index (χ0n) is 16.5. The van der Waals surface area contributed by atoms with E-state index in [4.69, 9.17) is 16.3 Å². The molecule has 1 fully saturated rings. The third-order valence-electron chi connectivity index (χ3n) is 5.01. The first-order valence-corrected chi connectivity index (χ1v) is 10.2. The minimum Gasteiger partial charge on any atom is -0.445 e. The number of rotatable bonds is 7. The summed E-state index contributed by atoms with van der Waals surface area (Å²) in [4.78, 5) is 23.9. The number of hydrogen-bond donors (Lipinski definition) is 1. The van der Waals surface area contributed by atoms with E-state index in [-0.39, 0.29) is 6.10 Å². The van der Waals surface area contributed by atoms with Gasteiger partial charge >= 0.3 is 6.09 Å². The molecule has 1 atom stereocenters. The van der Waals surface area contributed by atoms with Crippen molar-refractivity contribution in [2.75, 3.05) is 18.4 Å². The van der Waals surface area contributed by atoms with Gasteiger partial charge in [0, 0.05) is 17.3 Å². The van der Waals surface area contributed by atoms with E-state index in [1.165, 1.54) is 5.56 Å². The molecule has 1 heterocycles. The fraction of sp³-hybridized carbons (Fsp3) is 0.364. The SMILES string of the molecule is CCc1ccc(NC(=O)O[C@@H]2CCCN(N(C=O)Cc3ccccc3Cl)C2)cc1. The van der Waals surface area contributed by atoms with E-state index >= 15 is 0 Å². The Morgan fingerprint density at radius 2 is 2.03 bits per heavy atom. The predicted molar refractivity (Wildman–Crippen MR) is 114 cm³/mol. The maximum absolute atomic E-state index is 12.3. The standard InChI is InChI=1S/C22H26ClN3O3/c1-2-17-9-11-19(12-10-17)24-22(28)29-20-7-5-13-25(15-20)26(16-27)14-18-6-3-4-8-21(18)23/h3-4,6,8-12,16,20H,2,5,7,13-15H2,1H3,(H,24,28)/t20-/m1/s1. The molecule has 0 aromatic heterocycles. The highest BCUT2D eigenvalue weighted by molar-refractivity contribution is 6.31. The number of carbonyl (C=O) groups is 2. The molecule has 0 aliphatic carbocycles. The van der Waals surface area contributed by atoms with Crippen LogP contribution < -0.4 is 5.32 Å². The van der Waals surface area contributed by atoms with E-state index in [9.17, 15) is 9.59 Å². The Hall–Kier alpha value is -2.57. The second-order valence-electron chi connectivity index (χ2n) is 7.05.